The van der Waals surface area contributed by atoms with Crippen LogP contribution in [0, 0.1) is 0 Å². The number of carbonyl (C=O) groups is 2. The minimum Gasteiger partial charge on any atom is -0.497 e. The van der Waals surface area contributed by atoms with E-state index in [2.05, 4.69) is 15.8 Å². The Morgan fingerprint density at radius 2 is 1.62 bits per heavy atom. The summed E-state index contributed by atoms with van der Waals surface area (Å²) in [4.78, 5) is 23.9. The van der Waals surface area contributed by atoms with E-state index in [1.165, 1.54) is 0 Å². The van der Waals surface area contributed by atoms with Crippen molar-refractivity contribution in [2.75, 3.05) is 20.8 Å². The van der Waals surface area contributed by atoms with Crippen LogP contribution in [0.4, 0.5) is 0 Å². The molecular formula is C21H25N3O5. The van der Waals surface area contributed by atoms with Crippen molar-refractivity contribution in [2.24, 2.45) is 5.10 Å². The fourth-order valence-corrected chi connectivity index (χ4v) is 2.39. The smallest absolute Gasteiger partial charge is 0.277 e. The molecule has 0 spiro atoms. The average molecular weight is 399 g/mol. The van der Waals surface area contributed by atoms with Crippen LogP contribution < -0.4 is 25.0 Å². The molecule has 0 aliphatic heterocycles. The number of hydrogen-bond donors (Lipinski definition) is 2. The molecule has 154 valence electrons. The Hall–Kier alpha value is -3.55. The zero-order valence-corrected chi connectivity index (χ0v) is 16.7. The SMILES string of the molecule is COc1ccc(OCC(=O)N/N=C(\C)CC(=O)NCc2ccccc2OC)cc1. The summed E-state index contributed by atoms with van der Waals surface area (Å²) in [5.41, 5.74) is 3.72. The quantitative estimate of drug-likeness (QED) is 0.472. The lowest BCUT2D eigenvalue weighted by molar-refractivity contribution is -0.123. The third-order valence-corrected chi connectivity index (χ3v) is 3.89. The van der Waals surface area contributed by atoms with Gasteiger partial charge in [0.2, 0.25) is 5.91 Å². The highest BCUT2D eigenvalue weighted by Gasteiger charge is 2.08. The maximum Gasteiger partial charge on any atom is 0.277 e. The summed E-state index contributed by atoms with van der Waals surface area (Å²) in [6.45, 7) is 1.81. The molecule has 8 heteroatoms. The Balaban J connectivity index is 1.72. The van der Waals surface area contributed by atoms with Crippen LogP contribution in [0.2, 0.25) is 0 Å². The first-order valence-corrected chi connectivity index (χ1v) is 8.99. The van der Waals surface area contributed by atoms with Gasteiger partial charge >= 0.3 is 0 Å². The lowest BCUT2D eigenvalue weighted by atomic mass is 10.2. The molecule has 8 nitrogen and oxygen atoms in total. The third-order valence-electron chi connectivity index (χ3n) is 3.89. The van der Waals surface area contributed by atoms with Crippen LogP contribution in [0.3, 0.4) is 0 Å². The molecule has 0 unspecified atom stereocenters. The van der Waals surface area contributed by atoms with Crippen LogP contribution in [0.5, 0.6) is 17.2 Å². The number of rotatable bonds is 10. The van der Waals surface area contributed by atoms with Crippen molar-refractivity contribution >= 4 is 17.5 Å². The first kappa shape index (κ1) is 21.7. The number of carbonyl (C=O) groups excluding carboxylic acids is 2. The lowest BCUT2D eigenvalue weighted by Crippen LogP contribution is -2.28. The number of ether oxygens (including phenoxy) is 3. The molecule has 0 heterocycles. The predicted octanol–water partition coefficient (Wildman–Crippen LogP) is 2.28. The first-order chi connectivity index (χ1) is 14.0. The van der Waals surface area contributed by atoms with E-state index in [1.807, 2.05) is 24.3 Å². The molecule has 2 amide bonds. The van der Waals surface area contributed by atoms with Gasteiger partial charge in [-0.15, -0.1) is 0 Å². The first-order valence-electron chi connectivity index (χ1n) is 8.99. The number of nitrogens with zero attached hydrogens (tertiary/aromatic N) is 1. The van der Waals surface area contributed by atoms with E-state index in [9.17, 15) is 9.59 Å². The second-order valence-electron chi connectivity index (χ2n) is 6.11. The van der Waals surface area contributed by atoms with Crippen molar-refractivity contribution in [3.63, 3.8) is 0 Å². The van der Waals surface area contributed by atoms with Gasteiger partial charge in [-0.05, 0) is 37.3 Å². The normalized spacial score (nSPS) is 10.8. The molecule has 0 saturated heterocycles. The van der Waals surface area contributed by atoms with E-state index in [4.69, 9.17) is 14.2 Å². The average Bonchev–Trinajstić information content (AvgIpc) is 2.75. The molecular weight excluding hydrogens is 374 g/mol. The summed E-state index contributed by atoms with van der Waals surface area (Å²) < 4.78 is 15.7. The molecule has 0 aliphatic rings. The Kier molecular flexibility index (Phi) is 8.50. The maximum absolute atomic E-state index is 12.1. The fraction of sp³-hybridized carbons (Fsp3) is 0.286. The zero-order chi connectivity index (χ0) is 21.1. The molecule has 2 N–H and O–H groups in total. The van der Waals surface area contributed by atoms with E-state index >= 15 is 0 Å². The van der Waals surface area contributed by atoms with E-state index in [0.717, 1.165) is 5.56 Å². The number of para-hydroxylation sites is 1. The summed E-state index contributed by atoms with van der Waals surface area (Å²) in [5, 5.41) is 6.72. The van der Waals surface area contributed by atoms with Gasteiger partial charge in [0.15, 0.2) is 6.61 Å². The molecule has 0 saturated carbocycles. The highest BCUT2D eigenvalue weighted by molar-refractivity contribution is 6.00. The number of methoxy groups -OCH3 is 2. The zero-order valence-electron chi connectivity index (χ0n) is 16.7. The van der Waals surface area contributed by atoms with E-state index in [0.29, 0.717) is 29.5 Å². The fourth-order valence-electron chi connectivity index (χ4n) is 2.39. The van der Waals surface area contributed by atoms with Crippen LogP contribution in [0.25, 0.3) is 0 Å². The monoisotopic (exact) mass is 399 g/mol. The van der Waals surface area contributed by atoms with Crippen molar-refractivity contribution in [1.82, 2.24) is 10.7 Å². The van der Waals surface area contributed by atoms with Gasteiger partial charge in [0, 0.05) is 17.8 Å². The van der Waals surface area contributed by atoms with E-state index in [1.54, 1.807) is 45.4 Å². The highest BCUT2D eigenvalue weighted by Crippen LogP contribution is 2.17. The Labute approximate surface area is 169 Å². The van der Waals surface area contributed by atoms with Crippen LogP contribution in [0.1, 0.15) is 18.9 Å². The van der Waals surface area contributed by atoms with Crippen molar-refractivity contribution in [2.45, 2.75) is 19.9 Å². The van der Waals surface area contributed by atoms with Gasteiger partial charge in [-0.1, -0.05) is 18.2 Å². The Morgan fingerprint density at radius 1 is 0.931 bits per heavy atom. The molecule has 0 radical (unpaired) electrons. The minimum atomic E-state index is -0.422. The van der Waals surface area contributed by atoms with Gasteiger partial charge < -0.3 is 19.5 Å². The van der Waals surface area contributed by atoms with E-state index in [-0.39, 0.29) is 18.9 Å². The Bertz CT molecular complexity index is 850. The third kappa shape index (κ3) is 7.53. The molecule has 2 aromatic rings. The van der Waals surface area contributed by atoms with Gasteiger partial charge in [0.1, 0.15) is 17.2 Å². The largest absolute Gasteiger partial charge is 0.497 e. The predicted molar refractivity (Wildman–Crippen MR) is 109 cm³/mol. The number of benzene rings is 2. The van der Waals surface area contributed by atoms with Gasteiger partial charge in [-0.25, -0.2) is 5.43 Å². The number of amides is 2. The van der Waals surface area contributed by atoms with E-state index < -0.39 is 5.91 Å². The molecule has 2 aromatic carbocycles. The van der Waals surface area contributed by atoms with Gasteiger partial charge in [0.25, 0.3) is 5.91 Å². The molecule has 2 rings (SSSR count). The number of nitrogens with one attached hydrogen (secondary N) is 2. The molecule has 0 bridgehead atoms. The maximum atomic E-state index is 12.1. The molecule has 0 atom stereocenters. The lowest BCUT2D eigenvalue weighted by Gasteiger charge is -2.09. The van der Waals surface area contributed by atoms with Gasteiger partial charge in [0.05, 0.1) is 20.6 Å². The summed E-state index contributed by atoms with van der Waals surface area (Å²) in [5.74, 6) is 1.32. The summed E-state index contributed by atoms with van der Waals surface area (Å²) in [6, 6.07) is 14.3. The van der Waals surface area contributed by atoms with Crippen LogP contribution >= 0.6 is 0 Å². The molecule has 0 aromatic heterocycles. The molecule has 29 heavy (non-hydrogen) atoms. The number of hydrazone groups is 1. The van der Waals surface area contributed by atoms with Gasteiger partial charge in [-0.3, -0.25) is 9.59 Å². The Morgan fingerprint density at radius 3 is 2.31 bits per heavy atom. The van der Waals surface area contributed by atoms with Crippen molar-refractivity contribution in [3.05, 3.63) is 54.1 Å². The summed E-state index contributed by atoms with van der Waals surface area (Å²) in [7, 11) is 3.15. The minimum absolute atomic E-state index is 0.0643. The molecule has 0 fully saturated rings. The van der Waals surface area contributed by atoms with Crippen LogP contribution in [-0.2, 0) is 16.1 Å². The second kappa shape index (κ2) is 11.3. The van der Waals surface area contributed by atoms with Crippen LogP contribution in [0.15, 0.2) is 53.6 Å². The van der Waals surface area contributed by atoms with Crippen molar-refractivity contribution in [3.8, 4) is 17.2 Å². The summed E-state index contributed by atoms with van der Waals surface area (Å²) >= 11 is 0. The summed E-state index contributed by atoms with van der Waals surface area (Å²) in [6.07, 6.45) is 0.0643. The van der Waals surface area contributed by atoms with Crippen molar-refractivity contribution < 1.29 is 23.8 Å². The molecule has 0 aliphatic carbocycles. The van der Waals surface area contributed by atoms with Gasteiger partial charge in [-0.2, -0.15) is 5.10 Å². The highest BCUT2D eigenvalue weighted by atomic mass is 16.5. The second-order valence-corrected chi connectivity index (χ2v) is 6.11. The van der Waals surface area contributed by atoms with Crippen LogP contribution in [-0.4, -0.2) is 38.4 Å². The van der Waals surface area contributed by atoms with Crippen molar-refractivity contribution in [1.29, 1.82) is 0 Å². The standard InChI is InChI=1S/C21H25N3O5/c1-15(12-20(25)22-13-16-6-4-5-7-19(16)28-3)23-24-21(26)14-29-18-10-8-17(27-2)9-11-18/h4-11H,12-14H2,1-3H3,(H,22,25)(H,24,26)/b23-15+. The number of hydrogen-bond acceptors (Lipinski definition) is 6. The topological polar surface area (TPSA) is 98.3 Å².